The van der Waals surface area contributed by atoms with Gasteiger partial charge >= 0.3 is 0 Å². The monoisotopic (exact) mass is 717 g/mol. The van der Waals surface area contributed by atoms with E-state index in [0.717, 1.165) is 33.4 Å². The number of hydrogen-bond donors (Lipinski definition) is 0. The predicted molar refractivity (Wildman–Crippen MR) is 232 cm³/mol. The van der Waals surface area contributed by atoms with Crippen molar-refractivity contribution < 1.29 is 0 Å². The lowest BCUT2D eigenvalue weighted by atomic mass is 9.88. The molecule has 9 aromatic carbocycles. The zero-order valence-corrected chi connectivity index (χ0v) is 30.5. The summed E-state index contributed by atoms with van der Waals surface area (Å²) >= 11 is 1.80. The van der Waals surface area contributed by atoms with Crippen LogP contribution in [-0.4, -0.2) is 15.0 Å². The van der Waals surface area contributed by atoms with E-state index in [1.807, 2.05) is 6.07 Å². The van der Waals surface area contributed by atoms with Gasteiger partial charge in [0.2, 0.25) is 0 Å². The van der Waals surface area contributed by atoms with Gasteiger partial charge < -0.3 is 0 Å². The molecule has 0 saturated carbocycles. The lowest BCUT2D eigenvalue weighted by Crippen LogP contribution is -2.02. The molecule has 0 spiro atoms. The summed E-state index contributed by atoms with van der Waals surface area (Å²) in [5.74, 6) is 1.93. The van der Waals surface area contributed by atoms with Gasteiger partial charge in [-0.1, -0.05) is 170 Å². The van der Waals surface area contributed by atoms with E-state index in [4.69, 9.17) is 15.0 Å². The van der Waals surface area contributed by atoms with Crippen molar-refractivity contribution in [2.75, 3.05) is 0 Å². The van der Waals surface area contributed by atoms with Gasteiger partial charge in [-0.15, -0.1) is 11.3 Å². The molecule has 11 aromatic rings. The molecule has 0 amide bonds. The third-order valence-corrected chi connectivity index (χ3v) is 11.9. The van der Waals surface area contributed by atoms with E-state index in [1.54, 1.807) is 11.3 Å². The summed E-state index contributed by atoms with van der Waals surface area (Å²) in [4.78, 5) is 16.2. The second-order valence-electron chi connectivity index (χ2n) is 13.9. The van der Waals surface area contributed by atoms with Crippen LogP contribution < -0.4 is 0 Å². The van der Waals surface area contributed by atoms with Crippen molar-refractivity contribution in [3.8, 4) is 56.4 Å². The molecule has 0 aliphatic heterocycles. The van der Waals surface area contributed by atoms with Gasteiger partial charge in [0, 0.05) is 36.9 Å². The summed E-state index contributed by atoms with van der Waals surface area (Å²) in [6.45, 7) is 0. The molecule has 0 aliphatic carbocycles. The number of fused-ring (bicyclic) bond motifs is 7. The first-order chi connectivity index (χ1) is 27.3. The van der Waals surface area contributed by atoms with Gasteiger partial charge in [-0.05, 0) is 72.8 Å². The average molecular weight is 718 g/mol. The zero-order chi connectivity index (χ0) is 36.3. The number of rotatable bonds is 5. The van der Waals surface area contributed by atoms with Gasteiger partial charge in [0.15, 0.2) is 17.5 Å². The summed E-state index contributed by atoms with van der Waals surface area (Å²) in [6, 6.07) is 66.8. The van der Waals surface area contributed by atoms with Crippen molar-refractivity contribution in [1.29, 1.82) is 0 Å². The van der Waals surface area contributed by atoms with Crippen LogP contribution >= 0.6 is 11.3 Å². The predicted octanol–water partition coefficient (Wildman–Crippen LogP) is 14.0. The molecule has 0 fully saturated rings. The molecule has 0 saturated heterocycles. The minimum absolute atomic E-state index is 0.636. The van der Waals surface area contributed by atoms with Crippen molar-refractivity contribution in [2.45, 2.75) is 0 Å². The maximum atomic E-state index is 5.42. The molecular formula is C51H31N3S. The third kappa shape index (κ3) is 5.22. The number of nitrogens with zero attached hydrogens (tertiary/aromatic N) is 3. The van der Waals surface area contributed by atoms with Crippen molar-refractivity contribution in [3.63, 3.8) is 0 Å². The fraction of sp³-hybridized carbons (Fsp3) is 0. The molecule has 3 nitrogen and oxygen atoms in total. The molecule has 11 rings (SSSR count). The van der Waals surface area contributed by atoms with Crippen LogP contribution in [0.4, 0.5) is 0 Å². The molecule has 0 bridgehead atoms. The van der Waals surface area contributed by atoms with Crippen LogP contribution in [0.2, 0.25) is 0 Å². The van der Waals surface area contributed by atoms with Crippen LogP contribution in [0, 0.1) is 0 Å². The number of benzene rings is 9. The fourth-order valence-corrected chi connectivity index (χ4v) is 9.38. The molecular weight excluding hydrogens is 687 g/mol. The summed E-state index contributed by atoms with van der Waals surface area (Å²) < 4.78 is 2.45. The molecule has 2 aromatic heterocycles. The zero-order valence-electron chi connectivity index (χ0n) is 29.6. The first kappa shape index (κ1) is 31.5. The first-order valence-electron chi connectivity index (χ1n) is 18.5. The molecule has 0 N–H and O–H groups in total. The van der Waals surface area contributed by atoms with Crippen LogP contribution in [-0.2, 0) is 0 Å². The summed E-state index contributed by atoms with van der Waals surface area (Å²) in [6.07, 6.45) is 0. The highest BCUT2D eigenvalue weighted by Crippen LogP contribution is 2.44. The molecule has 256 valence electrons. The highest BCUT2D eigenvalue weighted by atomic mass is 32.1. The Kier molecular flexibility index (Phi) is 7.35. The van der Waals surface area contributed by atoms with Crippen LogP contribution in [0.15, 0.2) is 188 Å². The Labute approximate surface area is 321 Å². The highest BCUT2D eigenvalue weighted by molar-refractivity contribution is 7.25. The number of aromatic nitrogens is 3. The smallest absolute Gasteiger partial charge is 0.164 e. The van der Waals surface area contributed by atoms with E-state index in [9.17, 15) is 0 Å². The van der Waals surface area contributed by atoms with Crippen molar-refractivity contribution >= 4 is 63.8 Å². The van der Waals surface area contributed by atoms with Crippen molar-refractivity contribution in [3.05, 3.63) is 188 Å². The highest BCUT2D eigenvalue weighted by Gasteiger charge is 2.22. The summed E-state index contributed by atoms with van der Waals surface area (Å²) in [5.41, 5.74) is 7.36. The summed E-state index contributed by atoms with van der Waals surface area (Å²) in [5, 5.41) is 9.65. The minimum Gasteiger partial charge on any atom is -0.208 e. The first-order valence-corrected chi connectivity index (χ1v) is 19.3. The van der Waals surface area contributed by atoms with Gasteiger partial charge in [-0.25, -0.2) is 15.0 Å². The van der Waals surface area contributed by atoms with Crippen molar-refractivity contribution in [1.82, 2.24) is 15.0 Å². The maximum Gasteiger partial charge on any atom is 0.164 e. The van der Waals surface area contributed by atoms with Gasteiger partial charge in [0.1, 0.15) is 0 Å². The number of thiophene rings is 1. The molecule has 0 unspecified atom stereocenters. The van der Waals surface area contributed by atoms with Crippen LogP contribution in [0.5, 0.6) is 0 Å². The van der Waals surface area contributed by atoms with E-state index in [1.165, 1.54) is 58.1 Å². The van der Waals surface area contributed by atoms with Gasteiger partial charge in [0.25, 0.3) is 0 Å². The lowest BCUT2D eigenvalue weighted by molar-refractivity contribution is 1.08. The Morgan fingerprint density at radius 3 is 1.64 bits per heavy atom. The van der Waals surface area contributed by atoms with E-state index < -0.39 is 0 Å². The molecule has 4 heteroatoms. The Hall–Kier alpha value is -7.01. The van der Waals surface area contributed by atoms with Crippen LogP contribution in [0.3, 0.4) is 0 Å². The number of hydrogen-bond acceptors (Lipinski definition) is 4. The Bertz CT molecular complexity index is 3270. The Morgan fingerprint density at radius 2 is 0.855 bits per heavy atom. The van der Waals surface area contributed by atoms with E-state index in [-0.39, 0.29) is 0 Å². The molecule has 0 radical (unpaired) electrons. The molecule has 55 heavy (non-hydrogen) atoms. The molecule has 2 heterocycles. The average Bonchev–Trinajstić information content (AvgIpc) is 3.65. The van der Waals surface area contributed by atoms with E-state index in [0.29, 0.717) is 17.5 Å². The van der Waals surface area contributed by atoms with E-state index >= 15 is 0 Å². The maximum absolute atomic E-state index is 5.42. The van der Waals surface area contributed by atoms with Crippen LogP contribution in [0.25, 0.3) is 109 Å². The second-order valence-corrected chi connectivity index (χ2v) is 15.0. The summed E-state index contributed by atoms with van der Waals surface area (Å²) in [7, 11) is 0. The van der Waals surface area contributed by atoms with Crippen LogP contribution in [0.1, 0.15) is 0 Å². The largest absolute Gasteiger partial charge is 0.208 e. The second kappa shape index (κ2) is 12.8. The van der Waals surface area contributed by atoms with Gasteiger partial charge in [-0.3, -0.25) is 0 Å². The topological polar surface area (TPSA) is 38.7 Å². The normalized spacial score (nSPS) is 11.6. The Balaban J connectivity index is 1.23. The lowest BCUT2D eigenvalue weighted by Gasteiger charge is -2.17. The van der Waals surface area contributed by atoms with Gasteiger partial charge in [-0.2, -0.15) is 0 Å². The standard InChI is InChI=1S/C51H31N3S/c1-2-15-32(16-3-1)35-19-8-10-23-40(35)49-52-50(54-51(53-49)43-26-14-28-46-48(43)42-25-12-13-27-45(42)55-46)41-24-11-9-22-38(41)47-37-21-7-5-18-34(37)31-44-36-20-6-4-17-33(36)29-30-39(44)47/h1-31H. The van der Waals surface area contributed by atoms with Crippen molar-refractivity contribution in [2.24, 2.45) is 0 Å². The fourth-order valence-electron chi connectivity index (χ4n) is 8.25. The third-order valence-electron chi connectivity index (χ3n) is 10.7. The molecule has 0 aliphatic rings. The minimum atomic E-state index is 0.636. The molecule has 0 atom stereocenters. The van der Waals surface area contributed by atoms with E-state index in [2.05, 4.69) is 182 Å². The quantitative estimate of drug-likeness (QED) is 0.131. The Morgan fingerprint density at radius 1 is 0.309 bits per heavy atom. The van der Waals surface area contributed by atoms with Gasteiger partial charge in [0.05, 0.1) is 0 Å². The SMILES string of the molecule is c1ccc(-c2ccccc2-c2nc(-c3ccccc3-c3c4ccccc4cc4c3ccc3ccccc34)nc(-c3cccc4sc5ccccc5c34)n2)cc1.